The van der Waals surface area contributed by atoms with Crippen molar-refractivity contribution in [3.63, 3.8) is 0 Å². The molecule has 0 aliphatic carbocycles. The summed E-state index contributed by atoms with van der Waals surface area (Å²) in [6, 6.07) is 4.63. The minimum Gasteiger partial charge on any atom is -0.478 e. The topological polar surface area (TPSA) is 89.3 Å². The van der Waals surface area contributed by atoms with Gasteiger partial charge in [0.15, 0.2) is 0 Å². The van der Waals surface area contributed by atoms with Crippen LogP contribution in [0.1, 0.15) is 22.3 Å². The van der Waals surface area contributed by atoms with E-state index in [0.29, 0.717) is 18.5 Å². The lowest BCUT2D eigenvalue weighted by molar-refractivity contribution is 0.0698. The molecule has 0 amide bonds. The fourth-order valence-corrected chi connectivity index (χ4v) is 1.07. The number of nitrogens with two attached hydrogens (primary N) is 2. The van der Waals surface area contributed by atoms with Crippen LogP contribution in [0.15, 0.2) is 18.2 Å². The summed E-state index contributed by atoms with van der Waals surface area (Å²) in [5.41, 5.74) is 11.9. The van der Waals surface area contributed by atoms with E-state index >= 15 is 0 Å². The van der Waals surface area contributed by atoms with Crippen LogP contribution in [-0.4, -0.2) is 17.6 Å². The highest BCUT2D eigenvalue weighted by molar-refractivity contribution is 5.93. The number of anilines is 1. The fraction of sp³-hybridized carbons (Fsp3) is 0.182. The summed E-state index contributed by atoms with van der Waals surface area (Å²) in [6.07, 6.45) is 0.612. The summed E-state index contributed by atoms with van der Waals surface area (Å²) in [6.45, 7) is 0.510. The Morgan fingerprint density at radius 2 is 2.20 bits per heavy atom. The maximum Gasteiger partial charge on any atom is 0.337 e. The van der Waals surface area contributed by atoms with Crippen LogP contribution in [0, 0.1) is 11.8 Å². The number of aromatic carboxylic acids is 1. The third-order valence-electron chi connectivity index (χ3n) is 1.78. The van der Waals surface area contributed by atoms with Crippen LogP contribution in [-0.2, 0) is 0 Å². The van der Waals surface area contributed by atoms with Gasteiger partial charge in [0.05, 0.1) is 5.56 Å². The van der Waals surface area contributed by atoms with Crippen molar-refractivity contribution in [3.05, 3.63) is 29.3 Å². The maximum atomic E-state index is 10.7. The van der Waals surface area contributed by atoms with Crippen LogP contribution >= 0.6 is 0 Å². The lowest BCUT2D eigenvalue weighted by Crippen LogP contribution is -2.02. The quantitative estimate of drug-likeness (QED) is 0.488. The minimum absolute atomic E-state index is 0.0966. The first-order chi connectivity index (χ1) is 7.15. The average Bonchev–Trinajstić information content (AvgIpc) is 2.17. The van der Waals surface area contributed by atoms with Gasteiger partial charge in [-0.15, -0.1) is 0 Å². The first kappa shape index (κ1) is 11.1. The van der Waals surface area contributed by atoms with Crippen molar-refractivity contribution in [1.82, 2.24) is 0 Å². The van der Waals surface area contributed by atoms with Crippen LogP contribution in [0.3, 0.4) is 0 Å². The molecular formula is C11H12N2O2. The van der Waals surface area contributed by atoms with E-state index in [0.717, 1.165) is 0 Å². The van der Waals surface area contributed by atoms with E-state index in [9.17, 15) is 4.79 Å². The monoisotopic (exact) mass is 204 g/mol. The van der Waals surface area contributed by atoms with E-state index in [2.05, 4.69) is 11.8 Å². The van der Waals surface area contributed by atoms with Crippen molar-refractivity contribution >= 4 is 11.7 Å². The summed E-state index contributed by atoms with van der Waals surface area (Å²) in [4.78, 5) is 10.7. The van der Waals surface area contributed by atoms with Crippen molar-refractivity contribution < 1.29 is 9.90 Å². The van der Waals surface area contributed by atoms with Crippen molar-refractivity contribution in [2.24, 2.45) is 5.73 Å². The molecule has 0 aromatic heterocycles. The SMILES string of the molecule is NCCC#Cc1ccc(C(=O)O)c(N)c1. The van der Waals surface area contributed by atoms with E-state index < -0.39 is 5.97 Å². The van der Waals surface area contributed by atoms with Gasteiger partial charge in [-0.1, -0.05) is 11.8 Å². The van der Waals surface area contributed by atoms with Gasteiger partial charge in [-0.3, -0.25) is 0 Å². The number of carboxylic acids is 1. The highest BCUT2D eigenvalue weighted by Gasteiger charge is 2.06. The van der Waals surface area contributed by atoms with Gasteiger partial charge in [0, 0.05) is 24.2 Å². The van der Waals surface area contributed by atoms with Crippen molar-refractivity contribution in [2.45, 2.75) is 6.42 Å². The standard InChI is InChI=1S/C11H12N2O2/c12-6-2-1-3-8-4-5-9(11(14)15)10(13)7-8/h4-5,7H,2,6,12-13H2,(H,14,15). The molecule has 0 saturated heterocycles. The molecule has 0 aliphatic rings. The number of benzene rings is 1. The van der Waals surface area contributed by atoms with Gasteiger partial charge in [0.1, 0.15) is 0 Å². The summed E-state index contributed by atoms with van der Waals surface area (Å²) in [7, 11) is 0. The number of nitrogen functional groups attached to an aromatic ring is 1. The second-order valence-electron chi connectivity index (χ2n) is 2.95. The van der Waals surface area contributed by atoms with E-state index in [-0.39, 0.29) is 11.3 Å². The summed E-state index contributed by atoms with van der Waals surface area (Å²) in [5.74, 6) is 4.67. The number of hydrogen-bond donors (Lipinski definition) is 3. The van der Waals surface area contributed by atoms with E-state index in [1.54, 1.807) is 12.1 Å². The summed E-state index contributed by atoms with van der Waals surface area (Å²) in [5, 5.41) is 8.74. The third kappa shape index (κ3) is 3.01. The van der Waals surface area contributed by atoms with Crippen LogP contribution < -0.4 is 11.5 Å². The summed E-state index contributed by atoms with van der Waals surface area (Å²) >= 11 is 0. The van der Waals surface area contributed by atoms with E-state index in [1.807, 2.05) is 0 Å². The molecule has 0 atom stereocenters. The zero-order valence-electron chi connectivity index (χ0n) is 8.16. The van der Waals surface area contributed by atoms with Crippen LogP contribution in [0.25, 0.3) is 0 Å². The number of rotatable bonds is 2. The number of carboxylic acid groups (broad SMARTS) is 1. The Morgan fingerprint density at radius 1 is 1.47 bits per heavy atom. The van der Waals surface area contributed by atoms with Crippen molar-refractivity contribution in [2.75, 3.05) is 12.3 Å². The zero-order valence-corrected chi connectivity index (χ0v) is 8.16. The van der Waals surface area contributed by atoms with Crippen LogP contribution in [0.5, 0.6) is 0 Å². The molecule has 0 saturated carbocycles. The van der Waals surface area contributed by atoms with Crippen molar-refractivity contribution in [1.29, 1.82) is 0 Å². The van der Waals surface area contributed by atoms with Gasteiger partial charge in [0.2, 0.25) is 0 Å². The lowest BCUT2D eigenvalue weighted by atomic mass is 10.1. The Kier molecular flexibility index (Phi) is 3.72. The van der Waals surface area contributed by atoms with Crippen LogP contribution in [0.2, 0.25) is 0 Å². The Hall–Kier alpha value is -1.99. The molecule has 4 nitrogen and oxygen atoms in total. The Bertz CT molecular complexity index is 430. The largest absolute Gasteiger partial charge is 0.478 e. The van der Waals surface area contributed by atoms with E-state index in [1.165, 1.54) is 6.07 Å². The van der Waals surface area contributed by atoms with Gasteiger partial charge in [-0.25, -0.2) is 4.79 Å². The maximum absolute atomic E-state index is 10.7. The second kappa shape index (κ2) is 5.03. The molecule has 4 heteroatoms. The molecule has 0 aliphatic heterocycles. The molecular weight excluding hydrogens is 192 g/mol. The summed E-state index contributed by atoms with van der Waals surface area (Å²) < 4.78 is 0. The molecule has 0 fully saturated rings. The third-order valence-corrected chi connectivity index (χ3v) is 1.78. The van der Waals surface area contributed by atoms with E-state index in [4.69, 9.17) is 16.6 Å². The smallest absolute Gasteiger partial charge is 0.337 e. The molecule has 0 radical (unpaired) electrons. The number of hydrogen-bond acceptors (Lipinski definition) is 3. The van der Waals surface area contributed by atoms with Gasteiger partial charge >= 0.3 is 5.97 Å². The van der Waals surface area contributed by atoms with Crippen molar-refractivity contribution in [3.8, 4) is 11.8 Å². The molecule has 15 heavy (non-hydrogen) atoms. The zero-order chi connectivity index (χ0) is 11.3. The molecule has 0 unspecified atom stereocenters. The lowest BCUT2D eigenvalue weighted by Gasteiger charge is -2.00. The number of carbonyl (C=O) groups is 1. The molecule has 1 aromatic carbocycles. The first-order valence-corrected chi connectivity index (χ1v) is 4.47. The minimum atomic E-state index is -1.03. The first-order valence-electron chi connectivity index (χ1n) is 4.47. The predicted molar refractivity (Wildman–Crippen MR) is 58.4 cm³/mol. The second-order valence-corrected chi connectivity index (χ2v) is 2.95. The Labute approximate surface area is 87.9 Å². The molecule has 0 spiro atoms. The molecule has 78 valence electrons. The Balaban J connectivity index is 2.93. The van der Waals surface area contributed by atoms with Gasteiger partial charge in [0.25, 0.3) is 0 Å². The highest BCUT2D eigenvalue weighted by Crippen LogP contribution is 2.13. The molecule has 5 N–H and O–H groups in total. The molecule has 0 heterocycles. The average molecular weight is 204 g/mol. The van der Waals surface area contributed by atoms with Gasteiger partial charge < -0.3 is 16.6 Å². The molecule has 1 rings (SSSR count). The fourth-order valence-electron chi connectivity index (χ4n) is 1.07. The predicted octanol–water partition coefficient (Wildman–Crippen LogP) is 0.667. The highest BCUT2D eigenvalue weighted by atomic mass is 16.4. The van der Waals surface area contributed by atoms with Crippen LogP contribution in [0.4, 0.5) is 5.69 Å². The Morgan fingerprint density at radius 3 is 2.73 bits per heavy atom. The molecule has 1 aromatic rings. The van der Waals surface area contributed by atoms with Gasteiger partial charge in [-0.05, 0) is 18.2 Å². The normalized spacial score (nSPS) is 9.13. The molecule has 0 bridgehead atoms. The van der Waals surface area contributed by atoms with Gasteiger partial charge in [-0.2, -0.15) is 0 Å².